The number of thiazole rings is 1. The zero-order valence-electron chi connectivity index (χ0n) is 6.29. The highest BCUT2D eigenvalue weighted by atomic mass is 79.9. The van der Waals surface area contributed by atoms with Gasteiger partial charge in [0.15, 0.2) is 0 Å². The second-order valence-corrected chi connectivity index (χ2v) is 4.48. The van der Waals surface area contributed by atoms with E-state index in [1.165, 1.54) is 11.3 Å². The molecule has 1 aliphatic rings. The Morgan fingerprint density at radius 2 is 2.58 bits per heavy atom. The van der Waals surface area contributed by atoms with Crippen LogP contribution in [0.4, 0.5) is 0 Å². The van der Waals surface area contributed by atoms with Crippen molar-refractivity contribution in [3.8, 4) is 0 Å². The molecule has 0 spiro atoms. The third kappa shape index (κ3) is 1.42. The van der Waals surface area contributed by atoms with Crippen molar-refractivity contribution >= 4 is 27.3 Å². The van der Waals surface area contributed by atoms with Crippen molar-refractivity contribution in [2.75, 3.05) is 13.2 Å². The van der Waals surface area contributed by atoms with Gasteiger partial charge in [-0.2, -0.15) is 0 Å². The van der Waals surface area contributed by atoms with E-state index < -0.39 is 5.60 Å². The van der Waals surface area contributed by atoms with E-state index in [0.717, 1.165) is 9.61 Å². The summed E-state index contributed by atoms with van der Waals surface area (Å²) in [6.07, 6.45) is 0.646. The Bertz CT molecular complexity index is 283. The first-order chi connectivity index (χ1) is 5.71. The van der Waals surface area contributed by atoms with E-state index in [-0.39, 0.29) is 0 Å². The largest absolute Gasteiger partial charge is 0.380 e. The molecule has 3 nitrogen and oxygen atoms in total. The van der Waals surface area contributed by atoms with E-state index in [9.17, 15) is 5.11 Å². The number of halogens is 1. The third-order valence-corrected chi connectivity index (χ3v) is 3.62. The first kappa shape index (κ1) is 8.62. The van der Waals surface area contributed by atoms with Gasteiger partial charge in [0.1, 0.15) is 15.2 Å². The van der Waals surface area contributed by atoms with Crippen LogP contribution in [-0.4, -0.2) is 23.3 Å². The summed E-state index contributed by atoms with van der Waals surface area (Å²) in [5.41, 5.74) is -0.837. The Hall–Kier alpha value is 0.0300. The lowest BCUT2D eigenvalue weighted by Gasteiger charge is -2.16. The Labute approximate surface area is 82.5 Å². The van der Waals surface area contributed by atoms with Crippen molar-refractivity contribution in [3.63, 3.8) is 0 Å². The van der Waals surface area contributed by atoms with Gasteiger partial charge in [-0.3, -0.25) is 0 Å². The number of aliphatic hydroxyl groups is 1. The van der Waals surface area contributed by atoms with E-state index in [2.05, 4.69) is 20.9 Å². The molecule has 12 heavy (non-hydrogen) atoms. The Morgan fingerprint density at radius 3 is 3.08 bits per heavy atom. The van der Waals surface area contributed by atoms with Gasteiger partial charge in [-0.1, -0.05) is 0 Å². The van der Waals surface area contributed by atoms with Gasteiger partial charge in [-0.05, 0) is 15.9 Å². The molecule has 2 rings (SSSR count). The van der Waals surface area contributed by atoms with Crippen molar-refractivity contribution in [3.05, 3.63) is 15.0 Å². The van der Waals surface area contributed by atoms with E-state index >= 15 is 0 Å². The molecule has 1 fully saturated rings. The second kappa shape index (κ2) is 3.06. The van der Waals surface area contributed by atoms with Crippen molar-refractivity contribution < 1.29 is 9.84 Å². The molecule has 0 bridgehead atoms. The van der Waals surface area contributed by atoms with Gasteiger partial charge in [-0.25, -0.2) is 4.98 Å². The molecule has 1 aliphatic heterocycles. The smallest absolute Gasteiger partial charge is 0.141 e. The van der Waals surface area contributed by atoms with Gasteiger partial charge >= 0.3 is 0 Å². The maximum atomic E-state index is 9.98. The topological polar surface area (TPSA) is 42.4 Å². The number of nitrogens with zero attached hydrogens (tertiary/aromatic N) is 1. The highest BCUT2D eigenvalue weighted by Crippen LogP contribution is 2.33. The SMILES string of the molecule is OC1(c2nc(Br)cs2)CCOC1. The minimum atomic E-state index is -0.837. The van der Waals surface area contributed by atoms with Crippen molar-refractivity contribution in [1.29, 1.82) is 0 Å². The quantitative estimate of drug-likeness (QED) is 0.821. The third-order valence-electron chi connectivity index (χ3n) is 1.88. The minimum Gasteiger partial charge on any atom is -0.380 e. The van der Waals surface area contributed by atoms with E-state index in [4.69, 9.17) is 4.74 Å². The summed E-state index contributed by atoms with van der Waals surface area (Å²) >= 11 is 4.71. The van der Waals surface area contributed by atoms with E-state index in [1.54, 1.807) is 0 Å². The molecule has 1 aromatic rings. The summed E-state index contributed by atoms with van der Waals surface area (Å²) in [6.45, 7) is 0.987. The van der Waals surface area contributed by atoms with Crippen LogP contribution < -0.4 is 0 Å². The first-order valence-electron chi connectivity index (χ1n) is 3.62. The molecule has 1 N–H and O–H groups in total. The second-order valence-electron chi connectivity index (χ2n) is 2.81. The fourth-order valence-electron chi connectivity index (χ4n) is 1.19. The highest BCUT2D eigenvalue weighted by molar-refractivity contribution is 9.10. The van der Waals surface area contributed by atoms with Crippen molar-refractivity contribution in [2.24, 2.45) is 0 Å². The molecule has 1 aromatic heterocycles. The van der Waals surface area contributed by atoms with Gasteiger partial charge < -0.3 is 9.84 Å². The number of hydrogen-bond donors (Lipinski definition) is 1. The van der Waals surface area contributed by atoms with Crippen LogP contribution in [0.25, 0.3) is 0 Å². The van der Waals surface area contributed by atoms with Crippen LogP contribution in [0, 0.1) is 0 Å². The molecule has 2 heterocycles. The Kier molecular flexibility index (Phi) is 2.20. The van der Waals surface area contributed by atoms with Crippen LogP contribution in [0.2, 0.25) is 0 Å². The van der Waals surface area contributed by atoms with Crippen LogP contribution in [0.3, 0.4) is 0 Å². The standard InChI is InChI=1S/C7H8BrNO2S/c8-5-3-12-6(9-5)7(10)1-2-11-4-7/h3,10H,1-2,4H2. The molecule has 5 heteroatoms. The van der Waals surface area contributed by atoms with Gasteiger partial charge in [-0.15, -0.1) is 11.3 Å². The lowest BCUT2D eigenvalue weighted by molar-refractivity contribution is 0.0229. The van der Waals surface area contributed by atoms with Crippen molar-refractivity contribution in [1.82, 2.24) is 4.98 Å². The van der Waals surface area contributed by atoms with E-state index in [0.29, 0.717) is 19.6 Å². The summed E-state index contributed by atoms with van der Waals surface area (Å²) in [6, 6.07) is 0. The summed E-state index contributed by atoms with van der Waals surface area (Å²) in [7, 11) is 0. The number of ether oxygens (including phenoxy) is 1. The molecule has 1 saturated heterocycles. The zero-order chi connectivity index (χ0) is 8.60. The predicted octanol–water partition coefficient (Wildman–Crippen LogP) is 1.51. The summed E-state index contributed by atoms with van der Waals surface area (Å²) in [5.74, 6) is 0. The van der Waals surface area contributed by atoms with Crippen LogP contribution in [0.5, 0.6) is 0 Å². The predicted molar refractivity (Wildman–Crippen MR) is 49.1 cm³/mol. The number of aromatic nitrogens is 1. The van der Waals surface area contributed by atoms with Gasteiger partial charge in [0.25, 0.3) is 0 Å². The molecule has 0 aliphatic carbocycles. The molecular weight excluding hydrogens is 242 g/mol. The lowest BCUT2D eigenvalue weighted by Crippen LogP contribution is -2.25. The summed E-state index contributed by atoms with van der Waals surface area (Å²) < 4.78 is 5.91. The molecule has 1 unspecified atom stereocenters. The van der Waals surface area contributed by atoms with Crippen LogP contribution in [0.15, 0.2) is 9.98 Å². The average Bonchev–Trinajstić information content (AvgIpc) is 2.59. The Morgan fingerprint density at radius 1 is 1.75 bits per heavy atom. The zero-order valence-corrected chi connectivity index (χ0v) is 8.69. The Balaban J connectivity index is 2.28. The first-order valence-corrected chi connectivity index (χ1v) is 5.30. The normalized spacial score (nSPS) is 29.5. The molecule has 0 aromatic carbocycles. The van der Waals surface area contributed by atoms with Crippen LogP contribution in [0.1, 0.15) is 11.4 Å². The van der Waals surface area contributed by atoms with Crippen molar-refractivity contribution in [2.45, 2.75) is 12.0 Å². The molecule has 0 amide bonds. The van der Waals surface area contributed by atoms with E-state index in [1.807, 2.05) is 5.38 Å². The minimum absolute atomic E-state index is 0.368. The fraction of sp³-hybridized carbons (Fsp3) is 0.571. The summed E-state index contributed by atoms with van der Waals surface area (Å²) in [5, 5.41) is 12.6. The van der Waals surface area contributed by atoms with Crippen LogP contribution >= 0.6 is 27.3 Å². The monoisotopic (exact) mass is 249 g/mol. The van der Waals surface area contributed by atoms with Gasteiger partial charge in [0.2, 0.25) is 0 Å². The van der Waals surface area contributed by atoms with Crippen LogP contribution in [-0.2, 0) is 10.3 Å². The number of hydrogen-bond acceptors (Lipinski definition) is 4. The fourth-order valence-corrected chi connectivity index (χ4v) is 2.56. The average molecular weight is 250 g/mol. The molecule has 0 saturated carbocycles. The van der Waals surface area contributed by atoms with Gasteiger partial charge in [0, 0.05) is 18.4 Å². The lowest BCUT2D eigenvalue weighted by atomic mass is 10.1. The maximum Gasteiger partial charge on any atom is 0.141 e. The molecule has 66 valence electrons. The van der Waals surface area contributed by atoms with Gasteiger partial charge in [0.05, 0.1) is 6.61 Å². The summed E-state index contributed by atoms with van der Waals surface area (Å²) in [4.78, 5) is 4.17. The molecule has 1 atom stereocenters. The molecule has 0 radical (unpaired) electrons. The molecular formula is C7H8BrNO2S. The number of rotatable bonds is 1. The maximum absolute atomic E-state index is 9.98. The highest BCUT2D eigenvalue weighted by Gasteiger charge is 2.36.